The van der Waals surface area contributed by atoms with Crippen molar-refractivity contribution in [3.05, 3.63) is 29.8 Å². The molecule has 0 spiro atoms. The van der Waals surface area contributed by atoms with Crippen molar-refractivity contribution in [1.82, 2.24) is 15.4 Å². The highest BCUT2D eigenvalue weighted by molar-refractivity contribution is 7.89. The second-order valence-electron chi connectivity index (χ2n) is 5.87. The highest BCUT2D eigenvalue weighted by atomic mass is 32.2. The minimum atomic E-state index is -3.45. The van der Waals surface area contributed by atoms with E-state index in [2.05, 4.69) is 20.3 Å². The number of methoxy groups -OCH3 is 1. The fourth-order valence-electron chi connectivity index (χ4n) is 1.81. The van der Waals surface area contributed by atoms with Crippen LogP contribution >= 0.6 is 0 Å². The number of nitrogens with zero attached hydrogens (tertiary/aromatic N) is 1. The van der Waals surface area contributed by atoms with Crippen molar-refractivity contribution in [2.45, 2.75) is 37.8 Å². The van der Waals surface area contributed by atoms with Crippen molar-refractivity contribution in [3.8, 4) is 0 Å². The number of hydrogen-bond acceptors (Lipinski definition) is 4. The molecular formula is C16H28N4O3S. The minimum absolute atomic E-state index is 0.233. The number of hydrogen-bond donors (Lipinski definition) is 3. The summed E-state index contributed by atoms with van der Waals surface area (Å²) in [5.41, 5.74) is 0.506. The lowest BCUT2D eigenvalue weighted by Crippen LogP contribution is -2.45. The van der Waals surface area contributed by atoms with Gasteiger partial charge in [0.15, 0.2) is 5.96 Å². The fraction of sp³-hybridized carbons (Fsp3) is 0.562. The molecule has 0 fully saturated rings. The van der Waals surface area contributed by atoms with Gasteiger partial charge in [-0.15, -0.1) is 0 Å². The Hall–Kier alpha value is -1.64. The number of ether oxygens (including phenoxy) is 1. The van der Waals surface area contributed by atoms with Gasteiger partial charge in [-0.1, -0.05) is 12.1 Å². The van der Waals surface area contributed by atoms with Crippen LogP contribution in [0.25, 0.3) is 0 Å². The van der Waals surface area contributed by atoms with Gasteiger partial charge in [-0.3, -0.25) is 0 Å². The molecular weight excluding hydrogens is 328 g/mol. The first-order valence-electron chi connectivity index (χ1n) is 7.84. The minimum Gasteiger partial charge on any atom is -0.377 e. The van der Waals surface area contributed by atoms with Gasteiger partial charge in [0.25, 0.3) is 0 Å². The quantitative estimate of drug-likeness (QED) is 0.479. The Morgan fingerprint density at radius 2 is 2.00 bits per heavy atom. The Morgan fingerprint density at radius 3 is 2.58 bits per heavy atom. The Kier molecular flexibility index (Phi) is 7.65. The van der Waals surface area contributed by atoms with Crippen molar-refractivity contribution in [1.29, 1.82) is 0 Å². The van der Waals surface area contributed by atoms with E-state index in [1.54, 1.807) is 25.3 Å². The van der Waals surface area contributed by atoms with Crippen molar-refractivity contribution in [2.75, 3.05) is 27.2 Å². The molecule has 8 heteroatoms. The molecule has 0 atom stereocenters. The van der Waals surface area contributed by atoms with Crippen molar-refractivity contribution in [3.63, 3.8) is 0 Å². The molecule has 24 heavy (non-hydrogen) atoms. The largest absolute Gasteiger partial charge is 0.377 e. The summed E-state index contributed by atoms with van der Waals surface area (Å²) in [6, 6.07) is 6.74. The zero-order valence-corrected chi connectivity index (χ0v) is 15.8. The summed E-state index contributed by atoms with van der Waals surface area (Å²) in [6.45, 7) is 7.65. The molecule has 0 saturated heterocycles. The number of sulfonamides is 1. The maximum absolute atomic E-state index is 11.9. The molecule has 0 heterocycles. The van der Waals surface area contributed by atoms with E-state index < -0.39 is 10.0 Å². The molecule has 1 aromatic carbocycles. The monoisotopic (exact) mass is 356 g/mol. The molecule has 0 aliphatic rings. The van der Waals surface area contributed by atoms with Crippen LogP contribution in [0.15, 0.2) is 34.2 Å². The van der Waals surface area contributed by atoms with Gasteiger partial charge in [0.1, 0.15) is 0 Å². The molecule has 0 aliphatic heterocycles. The second kappa shape index (κ2) is 9.00. The molecule has 0 bridgehead atoms. The predicted molar refractivity (Wildman–Crippen MR) is 96.6 cm³/mol. The summed E-state index contributed by atoms with van der Waals surface area (Å²) in [4.78, 5) is 4.73. The Balaban J connectivity index is 2.85. The molecule has 0 amide bonds. The highest BCUT2D eigenvalue weighted by Crippen LogP contribution is 2.12. The van der Waals surface area contributed by atoms with E-state index in [4.69, 9.17) is 4.74 Å². The van der Waals surface area contributed by atoms with E-state index in [0.29, 0.717) is 19.0 Å². The van der Waals surface area contributed by atoms with Crippen molar-refractivity contribution in [2.24, 2.45) is 4.99 Å². The highest BCUT2D eigenvalue weighted by Gasteiger charge is 2.16. The Morgan fingerprint density at radius 1 is 1.29 bits per heavy atom. The van der Waals surface area contributed by atoms with E-state index in [1.165, 1.54) is 7.05 Å². The van der Waals surface area contributed by atoms with Crippen LogP contribution in [0.4, 0.5) is 0 Å². The number of benzene rings is 1. The zero-order valence-electron chi connectivity index (χ0n) is 15.0. The summed E-state index contributed by atoms with van der Waals surface area (Å²) in [7, 11) is -0.389. The van der Waals surface area contributed by atoms with Gasteiger partial charge in [-0.2, -0.15) is 0 Å². The average molecular weight is 356 g/mol. The third kappa shape index (κ3) is 6.46. The molecule has 1 aromatic rings. The lowest BCUT2D eigenvalue weighted by Gasteiger charge is -2.24. The normalized spacial score (nSPS) is 13.0. The SMILES string of the molecule is CCNC(=NCc1cccc(S(=O)(=O)NC)c1)NCC(C)(C)OC. The first-order chi connectivity index (χ1) is 11.2. The summed E-state index contributed by atoms with van der Waals surface area (Å²) in [6.07, 6.45) is 0. The van der Waals surface area contributed by atoms with Crippen LogP contribution in [0.5, 0.6) is 0 Å². The van der Waals surface area contributed by atoms with Gasteiger partial charge < -0.3 is 15.4 Å². The van der Waals surface area contributed by atoms with Crippen LogP contribution in [0, 0.1) is 0 Å². The Labute approximate surface area is 145 Å². The van der Waals surface area contributed by atoms with Crippen molar-refractivity contribution < 1.29 is 13.2 Å². The van der Waals surface area contributed by atoms with Crippen LogP contribution in [0.2, 0.25) is 0 Å². The van der Waals surface area contributed by atoms with Gasteiger partial charge in [-0.05, 0) is 45.5 Å². The lowest BCUT2D eigenvalue weighted by molar-refractivity contribution is 0.0268. The third-order valence-electron chi connectivity index (χ3n) is 3.48. The molecule has 0 aliphatic carbocycles. The smallest absolute Gasteiger partial charge is 0.240 e. The fourth-order valence-corrected chi connectivity index (χ4v) is 2.61. The average Bonchev–Trinajstić information content (AvgIpc) is 2.57. The summed E-state index contributed by atoms with van der Waals surface area (Å²) in [5, 5.41) is 6.38. The van der Waals surface area contributed by atoms with Gasteiger partial charge >= 0.3 is 0 Å². The molecule has 1 rings (SSSR count). The van der Waals surface area contributed by atoms with Crippen LogP contribution in [-0.2, 0) is 21.3 Å². The summed E-state index contributed by atoms with van der Waals surface area (Å²) >= 11 is 0. The number of aliphatic imine (C=N–C) groups is 1. The summed E-state index contributed by atoms with van der Waals surface area (Å²) in [5.74, 6) is 0.657. The maximum Gasteiger partial charge on any atom is 0.240 e. The number of guanidine groups is 1. The van der Waals surface area contributed by atoms with Gasteiger partial charge in [0.2, 0.25) is 10.0 Å². The standard InChI is InChI=1S/C16H28N4O3S/c1-6-18-15(20-12-16(2,3)23-5)19-11-13-8-7-9-14(10-13)24(21,22)17-4/h7-10,17H,6,11-12H2,1-5H3,(H2,18,19,20). The number of rotatable bonds is 8. The van der Waals surface area contributed by atoms with Gasteiger partial charge in [0, 0.05) is 20.2 Å². The van der Waals surface area contributed by atoms with Crippen LogP contribution in [-0.4, -0.2) is 47.2 Å². The van der Waals surface area contributed by atoms with E-state index >= 15 is 0 Å². The van der Waals surface area contributed by atoms with Crippen LogP contribution in [0.3, 0.4) is 0 Å². The molecule has 3 N–H and O–H groups in total. The molecule has 0 unspecified atom stereocenters. The second-order valence-corrected chi connectivity index (χ2v) is 7.75. The summed E-state index contributed by atoms with van der Waals surface area (Å²) < 4.78 is 31.4. The Bertz CT molecular complexity index is 657. The predicted octanol–water partition coefficient (Wildman–Crippen LogP) is 1.07. The molecule has 136 valence electrons. The maximum atomic E-state index is 11.9. The number of nitrogens with one attached hydrogen (secondary N) is 3. The molecule has 0 saturated carbocycles. The van der Waals surface area contributed by atoms with Gasteiger partial charge in [0.05, 0.1) is 17.0 Å². The lowest BCUT2D eigenvalue weighted by atomic mass is 10.1. The van der Waals surface area contributed by atoms with Crippen LogP contribution in [0.1, 0.15) is 26.3 Å². The van der Waals surface area contributed by atoms with E-state index in [-0.39, 0.29) is 10.5 Å². The molecule has 7 nitrogen and oxygen atoms in total. The van der Waals surface area contributed by atoms with Crippen molar-refractivity contribution >= 4 is 16.0 Å². The van der Waals surface area contributed by atoms with Gasteiger partial charge in [-0.25, -0.2) is 18.1 Å². The molecule has 0 aromatic heterocycles. The topological polar surface area (TPSA) is 91.8 Å². The van der Waals surface area contributed by atoms with Crippen LogP contribution < -0.4 is 15.4 Å². The first-order valence-corrected chi connectivity index (χ1v) is 9.32. The van der Waals surface area contributed by atoms with E-state index in [9.17, 15) is 8.42 Å². The molecule has 0 radical (unpaired) electrons. The third-order valence-corrected chi connectivity index (χ3v) is 4.89. The van der Waals surface area contributed by atoms with E-state index in [0.717, 1.165) is 12.1 Å². The first kappa shape index (κ1) is 20.4. The zero-order chi connectivity index (χ0) is 18.2. The van der Waals surface area contributed by atoms with E-state index in [1.807, 2.05) is 26.8 Å².